The number of aromatic nitrogens is 2. The van der Waals surface area contributed by atoms with Crippen LogP contribution in [-0.2, 0) is 6.61 Å². The molecule has 0 saturated carbocycles. The molecule has 0 spiro atoms. The average Bonchev–Trinajstić information content (AvgIpc) is 2.94. The van der Waals surface area contributed by atoms with Gasteiger partial charge in [-0.1, -0.05) is 6.92 Å². The van der Waals surface area contributed by atoms with Crippen LogP contribution >= 0.6 is 0 Å². The minimum atomic E-state index is -0.537. The zero-order valence-corrected chi connectivity index (χ0v) is 11.5. The highest BCUT2D eigenvalue weighted by molar-refractivity contribution is 5.36. The minimum absolute atomic E-state index is 0.127. The van der Waals surface area contributed by atoms with Crippen molar-refractivity contribution in [3.05, 3.63) is 47.5 Å². The maximum atomic E-state index is 13.6. The van der Waals surface area contributed by atoms with Gasteiger partial charge in [-0.2, -0.15) is 10.4 Å². The molecule has 1 aromatic carbocycles. The van der Waals surface area contributed by atoms with Crippen molar-refractivity contribution < 1.29 is 9.13 Å². The van der Waals surface area contributed by atoms with E-state index in [-0.39, 0.29) is 17.9 Å². The molecular weight excluding hydrogens is 257 g/mol. The summed E-state index contributed by atoms with van der Waals surface area (Å²) in [6.07, 6.45) is 2.88. The molecule has 1 unspecified atom stereocenters. The summed E-state index contributed by atoms with van der Waals surface area (Å²) in [7, 11) is 0. The minimum Gasteiger partial charge on any atom is -0.484 e. The highest BCUT2D eigenvalue weighted by atomic mass is 19.1. The zero-order chi connectivity index (χ0) is 14.5. The Kier molecular flexibility index (Phi) is 4.36. The Morgan fingerprint density at radius 1 is 1.45 bits per heavy atom. The fourth-order valence-electron chi connectivity index (χ4n) is 1.73. The van der Waals surface area contributed by atoms with Crippen LogP contribution in [-0.4, -0.2) is 9.78 Å². The molecule has 1 atom stereocenters. The van der Waals surface area contributed by atoms with E-state index in [9.17, 15) is 4.39 Å². The van der Waals surface area contributed by atoms with E-state index in [2.05, 4.69) is 18.9 Å². The summed E-state index contributed by atoms with van der Waals surface area (Å²) >= 11 is 0. The summed E-state index contributed by atoms with van der Waals surface area (Å²) in [6.45, 7) is 4.37. The Balaban J connectivity index is 2.02. The monoisotopic (exact) mass is 273 g/mol. The fraction of sp³-hybridized carbons (Fsp3) is 0.333. The van der Waals surface area contributed by atoms with Crippen molar-refractivity contribution in [2.75, 3.05) is 0 Å². The third kappa shape index (κ3) is 3.15. The summed E-state index contributed by atoms with van der Waals surface area (Å²) < 4.78 is 20.9. The second-order valence-corrected chi connectivity index (χ2v) is 4.59. The molecule has 20 heavy (non-hydrogen) atoms. The molecule has 5 heteroatoms. The first-order valence-corrected chi connectivity index (χ1v) is 6.50. The Morgan fingerprint density at radius 2 is 2.25 bits per heavy atom. The first-order valence-electron chi connectivity index (χ1n) is 6.50. The zero-order valence-electron chi connectivity index (χ0n) is 11.5. The molecule has 0 aliphatic heterocycles. The highest BCUT2D eigenvalue weighted by Crippen LogP contribution is 2.19. The normalized spacial score (nSPS) is 11.9. The van der Waals surface area contributed by atoms with Crippen molar-refractivity contribution in [3.63, 3.8) is 0 Å². The van der Waals surface area contributed by atoms with E-state index in [1.54, 1.807) is 0 Å². The van der Waals surface area contributed by atoms with Crippen molar-refractivity contribution >= 4 is 0 Å². The molecule has 0 bridgehead atoms. The van der Waals surface area contributed by atoms with Gasteiger partial charge in [0.15, 0.2) is 11.6 Å². The lowest BCUT2D eigenvalue weighted by molar-refractivity contribution is 0.283. The van der Waals surface area contributed by atoms with E-state index >= 15 is 0 Å². The van der Waals surface area contributed by atoms with Crippen molar-refractivity contribution in [2.24, 2.45) is 0 Å². The number of benzene rings is 1. The van der Waals surface area contributed by atoms with Crippen LogP contribution in [0.2, 0.25) is 0 Å². The van der Waals surface area contributed by atoms with E-state index in [0.29, 0.717) is 6.04 Å². The van der Waals surface area contributed by atoms with Gasteiger partial charge in [-0.3, -0.25) is 4.68 Å². The quantitative estimate of drug-likeness (QED) is 0.838. The van der Waals surface area contributed by atoms with Crippen LogP contribution in [0.25, 0.3) is 0 Å². The maximum absolute atomic E-state index is 13.6. The first-order chi connectivity index (χ1) is 9.63. The molecule has 1 heterocycles. The molecule has 0 amide bonds. The number of hydrogen-bond acceptors (Lipinski definition) is 3. The summed E-state index contributed by atoms with van der Waals surface area (Å²) in [5.41, 5.74) is 1.02. The van der Waals surface area contributed by atoms with E-state index < -0.39 is 5.82 Å². The van der Waals surface area contributed by atoms with Gasteiger partial charge in [0.25, 0.3) is 0 Å². The number of hydrogen-bond donors (Lipinski definition) is 0. The molecule has 2 aromatic rings. The number of nitrogens with zero attached hydrogens (tertiary/aromatic N) is 3. The van der Waals surface area contributed by atoms with Crippen LogP contribution in [0.15, 0.2) is 30.5 Å². The van der Waals surface area contributed by atoms with Gasteiger partial charge in [0.1, 0.15) is 6.61 Å². The first kappa shape index (κ1) is 14.1. The van der Waals surface area contributed by atoms with Crippen molar-refractivity contribution in [1.29, 1.82) is 5.26 Å². The van der Waals surface area contributed by atoms with E-state index in [1.165, 1.54) is 12.1 Å². The Labute approximate surface area is 117 Å². The van der Waals surface area contributed by atoms with Gasteiger partial charge in [0.2, 0.25) is 0 Å². The van der Waals surface area contributed by atoms with Crippen LogP contribution in [0.4, 0.5) is 4.39 Å². The van der Waals surface area contributed by atoms with Crippen molar-refractivity contribution in [2.45, 2.75) is 32.9 Å². The molecule has 104 valence electrons. The van der Waals surface area contributed by atoms with E-state index in [0.717, 1.165) is 18.2 Å². The summed E-state index contributed by atoms with van der Waals surface area (Å²) in [5.74, 6) is -0.410. The van der Waals surface area contributed by atoms with Gasteiger partial charge in [0.05, 0.1) is 17.3 Å². The van der Waals surface area contributed by atoms with Gasteiger partial charge in [-0.15, -0.1) is 0 Å². The molecule has 0 N–H and O–H groups in total. The second-order valence-electron chi connectivity index (χ2n) is 4.59. The third-order valence-electron chi connectivity index (χ3n) is 3.14. The van der Waals surface area contributed by atoms with Crippen molar-refractivity contribution in [1.82, 2.24) is 9.78 Å². The number of nitriles is 1. The topological polar surface area (TPSA) is 50.8 Å². The van der Waals surface area contributed by atoms with Crippen LogP contribution in [0.5, 0.6) is 5.75 Å². The maximum Gasteiger partial charge on any atom is 0.166 e. The van der Waals surface area contributed by atoms with Gasteiger partial charge in [-0.05, 0) is 37.6 Å². The molecule has 0 saturated heterocycles. The largest absolute Gasteiger partial charge is 0.484 e. The third-order valence-corrected chi connectivity index (χ3v) is 3.14. The predicted octanol–water partition coefficient (Wildman–Crippen LogP) is 3.44. The van der Waals surface area contributed by atoms with E-state index in [1.807, 2.05) is 23.0 Å². The van der Waals surface area contributed by atoms with Gasteiger partial charge >= 0.3 is 0 Å². The molecule has 2 rings (SSSR count). The average molecular weight is 273 g/mol. The smallest absolute Gasteiger partial charge is 0.166 e. The molecule has 0 radical (unpaired) electrons. The Hall–Kier alpha value is -2.35. The lowest BCUT2D eigenvalue weighted by Crippen LogP contribution is -2.06. The Bertz CT molecular complexity index is 630. The van der Waals surface area contributed by atoms with Gasteiger partial charge in [-0.25, -0.2) is 4.39 Å². The van der Waals surface area contributed by atoms with Crippen LogP contribution in [0.1, 0.15) is 37.6 Å². The number of rotatable bonds is 5. The summed E-state index contributed by atoms with van der Waals surface area (Å²) in [4.78, 5) is 0. The summed E-state index contributed by atoms with van der Waals surface area (Å²) in [6, 6.07) is 8.21. The number of halogens is 1. The predicted molar refractivity (Wildman–Crippen MR) is 72.7 cm³/mol. The fourth-order valence-corrected chi connectivity index (χ4v) is 1.73. The molecule has 0 aliphatic carbocycles. The lowest BCUT2D eigenvalue weighted by Gasteiger charge is -2.08. The van der Waals surface area contributed by atoms with Gasteiger partial charge < -0.3 is 4.74 Å². The molecule has 4 nitrogen and oxygen atoms in total. The second kappa shape index (κ2) is 6.20. The molecule has 0 fully saturated rings. The van der Waals surface area contributed by atoms with Crippen LogP contribution in [0.3, 0.4) is 0 Å². The Morgan fingerprint density at radius 3 is 2.90 bits per heavy atom. The molecule has 1 aromatic heterocycles. The van der Waals surface area contributed by atoms with Crippen LogP contribution < -0.4 is 4.74 Å². The van der Waals surface area contributed by atoms with Gasteiger partial charge in [0, 0.05) is 12.2 Å². The SMILES string of the molecule is CCC(C)n1ccc(COc2ccc(C#N)cc2F)n1. The van der Waals surface area contributed by atoms with Crippen LogP contribution in [0, 0.1) is 17.1 Å². The summed E-state index contributed by atoms with van der Waals surface area (Å²) in [5, 5.41) is 13.0. The molecule has 0 aliphatic rings. The number of ether oxygens (including phenoxy) is 1. The van der Waals surface area contributed by atoms with Crippen molar-refractivity contribution in [3.8, 4) is 11.8 Å². The standard InChI is InChI=1S/C15H16FN3O/c1-3-11(2)19-7-6-13(18-19)10-20-15-5-4-12(9-17)8-14(15)16/h4-8,11H,3,10H2,1-2H3. The molecular formula is C15H16FN3O. The highest BCUT2D eigenvalue weighted by Gasteiger charge is 2.08. The van der Waals surface area contributed by atoms with E-state index in [4.69, 9.17) is 10.00 Å². The lowest BCUT2D eigenvalue weighted by atomic mass is 10.2.